The lowest BCUT2D eigenvalue weighted by molar-refractivity contribution is -0.144. The fraction of sp³-hybridized carbons (Fsp3) is 0.188. The number of carbonyl (C=O) groups excluding carboxylic acids is 2. The predicted molar refractivity (Wildman–Crippen MR) is 76.6 cm³/mol. The molecular formula is C16H14N2O4. The van der Waals surface area contributed by atoms with Crippen molar-refractivity contribution < 1.29 is 18.7 Å². The summed E-state index contributed by atoms with van der Waals surface area (Å²) in [4.78, 5) is 23.2. The number of ether oxygens (including phenoxy) is 1. The van der Waals surface area contributed by atoms with E-state index in [1.165, 1.54) is 12.3 Å². The summed E-state index contributed by atoms with van der Waals surface area (Å²) in [5.41, 5.74) is 1.12. The summed E-state index contributed by atoms with van der Waals surface area (Å²) >= 11 is 0. The van der Waals surface area contributed by atoms with E-state index in [1.807, 2.05) is 6.07 Å². The van der Waals surface area contributed by atoms with Crippen molar-refractivity contribution in [1.29, 1.82) is 5.26 Å². The van der Waals surface area contributed by atoms with Crippen molar-refractivity contribution in [3.05, 3.63) is 59.5 Å². The van der Waals surface area contributed by atoms with Crippen LogP contribution in [0.3, 0.4) is 0 Å². The molecule has 1 N–H and O–H groups in total. The number of nitrogens with one attached hydrogen (secondary N) is 1. The number of furan rings is 1. The maximum Gasteiger partial charge on any atom is 0.307 e. The number of hydrogen-bond donors (Lipinski definition) is 1. The molecule has 1 amide bonds. The van der Waals surface area contributed by atoms with E-state index in [4.69, 9.17) is 14.4 Å². The zero-order valence-corrected chi connectivity index (χ0v) is 11.7. The lowest BCUT2D eigenvalue weighted by Crippen LogP contribution is -2.26. The highest BCUT2D eigenvalue weighted by Crippen LogP contribution is 2.09. The largest absolute Gasteiger partial charge is 0.461 e. The molecule has 2 rings (SSSR count). The molecular weight excluding hydrogens is 284 g/mol. The second-order valence-electron chi connectivity index (χ2n) is 4.41. The highest BCUT2D eigenvalue weighted by molar-refractivity contribution is 5.91. The summed E-state index contributed by atoms with van der Waals surface area (Å²) in [7, 11) is 0. The van der Waals surface area contributed by atoms with Crippen LogP contribution in [0.25, 0.3) is 0 Å². The number of amides is 1. The average Bonchev–Trinajstić information content (AvgIpc) is 3.07. The van der Waals surface area contributed by atoms with Gasteiger partial charge in [0.05, 0.1) is 24.3 Å². The zero-order valence-electron chi connectivity index (χ0n) is 11.7. The van der Waals surface area contributed by atoms with Crippen LogP contribution in [0.1, 0.15) is 28.1 Å². The minimum Gasteiger partial charge on any atom is -0.461 e. The quantitative estimate of drug-likeness (QED) is 0.823. The Balaban J connectivity index is 1.72. The second kappa shape index (κ2) is 7.64. The minimum absolute atomic E-state index is 0.0364. The lowest BCUT2D eigenvalue weighted by Gasteiger charge is -2.06. The molecule has 1 heterocycles. The van der Waals surface area contributed by atoms with E-state index < -0.39 is 5.97 Å². The molecule has 1 aromatic carbocycles. The monoisotopic (exact) mass is 298 g/mol. The number of nitriles is 1. The molecule has 0 radical (unpaired) electrons. The van der Waals surface area contributed by atoms with Crippen molar-refractivity contribution in [2.45, 2.75) is 13.0 Å². The van der Waals surface area contributed by atoms with E-state index in [0.29, 0.717) is 11.1 Å². The fourth-order valence-corrected chi connectivity index (χ4v) is 1.76. The third-order valence-electron chi connectivity index (χ3n) is 2.89. The minimum atomic E-state index is -0.451. The Morgan fingerprint density at radius 2 is 2.05 bits per heavy atom. The first-order valence-electron chi connectivity index (χ1n) is 6.66. The molecule has 0 aliphatic rings. The van der Waals surface area contributed by atoms with E-state index in [9.17, 15) is 9.59 Å². The predicted octanol–water partition coefficient (Wildman–Crippen LogP) is 2.01. The van der Waals surface area contributed by atoms with Gasteiger partial charge in [0, 0.05) is 12.1 Å². The number of rotatable bonds is 6. The van der Waals surface area contributed by atoms with Crippen LogP contribution in [0.15, 0.2) is 47.1 Å². The van der Waals surface area contributed by atoms with E-state index in [-0.39, 0.29) is 31.2 Å². The Morgan fingerprint density at radius 1 is 1.23 bits per heavy atom. The number of benzene rings is 1. The first-order chi connectivity index (χ1) is 10.7. The summed E-state index contributed by atoms with van der Waals surface area (Å²) in [6, 6.07) is 12.1. The molecule has 6 nitrogen and oxygen atoms in total. The van der Waals surface area contributed by atoms with E-state index >= 15 is 0 Å². The van der Waals surface area contributed by atoms with Crippen LogP contribution >= 0.6 is 0 Å². The molecule has 6 heteroatoms. The third-order valence-corrected chi connectivity index (χ3v) is 2.89. The molecule has 0 unspecified atom stereocenters. The number of esters is 1. The summed E-state index contributed by atoms with van der Waals surface area (Å²) in [6.07, 6.45) is 1.44. The highest BCUT2D eigenvalue weighted by atomic mass is 16.5. The van der Waals surface area contributed by atoms with Crippen LogP contribution in [-0.4, -0.2) is 18.4 Å². The van der Waals surface area contributed by atoms with E-state index in [0.717, 1.165) is 0 Å². The van der Waals surface area contributed by atoms with Gasteiger partial charge in [0.1, 0.15) is 6.61 Å². The van der Waals surface area contributed by atoms with Gasteiger partial charge in [0.2, 0.25) is 0 Å². The summed E-state index contributed by atoms with van der Waals surface area (Å²) in [5, 5.41) is 11.5. The van der Waals surface area contributed by atoms with Gasteiger partial charge in [-0.05, 0) is 18.2 Å². The summed E-state index contributed by atoms with van der Waals surface area (Å²) in [6.45, 7) is 0.187. The smallest absolute Gasteiger partial charge is 0.307 e. The molecule has 112 valence electrons. The van der Waals surface area contributed by atoms with Gasteiger partial charge in [-0.3, -0.25) is 9.59 Å². The molecule has 0 bridgehead atoms. The van der Waals surface area contributed by atoms with Gasteiger partial charge in [-0.25, -0.2) is 0 Å². The van der Waals surface area contributed by atoms with Crippen LogP contribution < -0.4 is 5.32 Å². The van der Waals surface area contributed by atoms with Gasteiger partial charge in [-0.2, -0.15) is 5.26 Å². The maximum atomic E-state index is 11.6. The fourth-order valence-electron chi connectivity index (χ4n) is 1.76. The Hall–Kier alpha value is -3.07. The molecule has 1 aromatic heterocycles. The Bertz CT molecular complexity index is 686. The van der Waals surface area contributed by atoms with Gasteiger partial charge in [0.15, 0.2) is 5.76 Å². The van der Waals surface area contributed by atoms with Gasteiger partial charge >= 0.3 is 5.97 Å². The molecule has 0 aliphatic carbocycles. The summed E-state index contributed by atoms with van der Waals surface area (Å²) < 4.78 is 10.0. The Labute approximate surface area is 127 Å². The standard InChI is InChI=1S/C16H14N2O4/c17-10-12-4-1-2-5-13(12)11-22-15(19)7-8-18-16(20)14-6-3-9-21-14/h1-6,9H,7-8,11H2,(H,18,20). The molecule has 0 spiro atoms. The third kappa shape index (κ3) is 4.21. The normalized spacial score (nSPS) is 9.77. The number of carbonyl (C=O) groups is 2. The first-order valence-corrected chi connectivity index (χ1v) is 6.66. The van der Waals surface area contributed by atoms with E-state index in [1.54, 1.807) is 30.3 Å². The topological polar surface area (TPSA) is 92.3 Å². The Morgan fingerprint density at radius 3 is 2.77 bits per heavy atom. The first kappa shape index (κ1) is 15.3. The molecule has 0 saturated heterocycles. The maximum absolute atomic E-state index is 11.6. The van der Waals surface area contributed by atoms with Crippen molar-refractivity contribution in [3.8, 4) is 6.07 Å². The zero-order chi connectivity index (χ0) is 15.8. The van der Waals surface area contributed by atoms with Crippen molar-refractivity contribution in [3.63, 3.8) is 0 Å². The van der Waals surface area contributed by atoms with Crippen molar-refractivity contribution in [1.82, 2.24) is 5.32 Å². The van der Waals surface area contributed by atoms with Crippen LogP contribution in [-0.2, 0) is 16.1 Å². The van der Waals surface area contributed by atoms with Crippen LogP contribution in [0, 0.1) is 11.3 Å². The molecule has 22 heavy (non-hydrogen) atoms. The van der Waals surface area contributed by atoms with Gasteiger partial charge in [-0.15, -0.1) is 0 Å². The van der Waals surface area contributed by atoms with E-state index in [2.05, 4.69) is 5.32 Å². The average molecular weight is 298 g/mol. The van der Waals surface area contributed by atoms with Gasteiger partial charge in [0.25, 0.3) is 5.91 Å². The SMILES string of the molecule is N#Cc1ccccc1COC(=O)CCNC(=O)c1ccco1. The number of hydrogen-bond acceptors (Lipinski definition) is 5. The molecule has 0 saturated carbocycles. The Kier molecular flexibility index (Phi) is 5.32. The number of nitrogens with zero attached hydrogens (tertiary/aromatic N) is 1. The summed E-state index contributed by atoms with van der Waals surface area (Å²) in [5.74, 6) is -0.642. The highest BCUT2D eigenvalue weighted by Gasteiger charge is 2.10. The molecule has 0 atom stereocenters. The van der Waals surface area contributed by atoms with Crippen molar-refractivity contribution in [2.75, 3.05) is 6.54 Å². The van der Waals surface area contributed by atoms with Crippen molar-refractivity contribution >= 4 is 11.9 Å². The molecule has 0 fully saturated rings. The molecule has 2 aromatic rings. The van der Waals surface area contributed by atoms with Crippen LogP contribution in [0.5, 0.6) is 0 Å². The van der Waals surface area contributed by atoms with Crippen molar-refractivity contribution in [2.24, 2.45) is 0 Å². The van der Waals surface area contributed by atoms with Crippen LogP contribution in [0.2, 0.25) is 0 Å². The molecule has 0 aliphatic heterocycles. The van der Waals surface area contributed by atoms with Gasteiger partial charge < -0.3 is 14.5 Å². The second-order valence-corrected chi connectivity index (χ2v) is 4.41. The lowest BCUT2D eigenvalue weighted by atomic mass is 10.1. The van der Waals surface area contributed by atoms with Gasteiger partial charge in [-0.1, -0.05) is 18.2 Å². The van der Waals surface area contributed by atoms with Crippen LogP contribution in [0.4, 0.5) is 0 Å².